The number of pyridine rings is 1. The third-order valence-electron chi connectivity index (χ3n) is 4.03. The van der Waals surface area contributed by atoms with E-state index in [9.17, 15) is 14.5 Å². The van der Waals surface area contributed by atoms with Crippen molar-refractivity contribution in [3.63, 3.8) is 0 Å². The topological polar surface area (TPSA) is 62.5 Å². The quantitative estimate of drug-likeness (QED) is 0.588. The first kappa shape index (κ1) is 16.8. The van der Waals surface area contributed by atoms with Crippen LogP contribution in [0.3, 0.4) is 0 Å². The van der Waals surface area contributed by atoms with E-state index in [0.29, 0.717) is 11.0 Å². The molecular formula is C16H16BrFN4O2. The fourth-order valence-corrected chi connectivity index (χ4v) is 2.95. The van der Waals surface area contributed by atoms with Crippen molar-refractivity contribution in [3.05, 3.63) is 62.5 Å². The highest BCUT2D eigenvalue weighted by atomic mass is 79.9. The van der Waals surface area contributed by atoms with Gasteiger partial charge in [0.15, 0.2) is 0 Å². The number of anilines is 1. The van der Waals surface area contributed by atoms with E-state index in [1.807, 2.05) is 6.07 Å². The fourth-order valence-electron chi connectivity index (χ4n) is 2.70. The van der Waals surface area contributed by atoms with Gasteiger partial charge in [-0.05, 0) is 39.7 Å². The van der Waals surface area contributed by atoms with Gasteiger partial charge in [-0.25, -0.2) is 9.37 Å². The summed E-state index contributed by atoms with van der Waals surface area (Å²) in [5, 5.41) is 10.7. The SMILES string of the molecule is O=[N+]([O-])c1ccc(N2CCN(Cc3ccc(Br)c(F)c3)CC2)nc1. The number of rotatable bonds is 4. The number of benzene rings is 1. The Labute approximate surface area is 147 Å². The molecule has 0 spiro atoms. The number of aromatic nitrogens is 1. The van der Waals surface area contributed by atoms with Gasteiger partial charge < -0.3 is 4.90 Å². The minimum Gasteiger partial charge on any atom is -0.354 e. The van der Waals surface area contributed by atoms with Crippen LogP contribution in [0.1, 0.15) is 5.56 Å². The molecule has 1 fully saturated rings. The van der Waals surface area contributed by atoms with E-state index in [1.165, 1.54) is 12.3 Å². The Morgan fingerprint density at radius 3 is 2.54 bits per heavy atom. The standard InChI is InChI=1S/C16H16BrFN4O2/c17-14-3-1-12(9-15(14)18)11-20-5-7-21(8-6-20)16-4-2-13(10-19-16)22(23)24/h1-4,9-10H,5-8,11H2. The summed E-state index contributed by atoms with van der Waals surface area (Å²) in [6, 6.07) is 8.34. The van der Waals surface area contributed by atoms with Gasteiger partial charge in [-0.1, -0.05) is 6.07 Å². The Kier molecular flexibility index (Phi) is 5.06. The lowest BCUT2D eigenvalue weighted by Crippen LogP contribution is -2.46. The molecule has 24 heavy (non-hydrogen) atoms. The molecule has 0 N–H and O–H groups in total. The molecular weight excluding hydrogens is 379 g/mol. The second kappa shape index (κ2) is 7.23. The summed E-state index contributed by atoms with van der Waals surface area (Å²) >= 11 is 3.16. The highest BCUT2D eigenvalue weighted by molar-refractivity contribution is 9.10. The fraction of sp³-hybridized carbons (Fsp3) is 0.312. The zero-order chi connectivity index (χ0) is 17.1. The van der Waals surface area contributed by atoms with E-state index < -0.39 is 4.92 Å². The number of hydrogen-bond acceptors (Lipinski definition) is 5. The van der Waals surface area contributed by atoms with Crippen molar-refractivity contribution in [2.24, 2.45) is 0 Å². The number of piperazine rings is 1. The van der Waals surface area contributed by atoms with Gasteiger partial charge in [0.2, 0.25) is 0 Å². The molecule has 0 unspecified atom stereocenters. The van der Waals surface area contributed by atoms with E-state index in [1.54, 1.807) is 18.2 Å². The second-order valence-electron chi connectivity index (χ2n) is 5.64. The summed E-state index contributed by atoms with van der Waals surface area (Å²) in [5.41, 5.74) is 0.937. The molecule has 0 saturated carbocycles. The summed E-state index contributed by atoms with van der Waals surface area (Å²) in [5.74, 6) is 0.496. The van der Waals surface area contributed by atoms with E-state index in [0.717, 1.165) is 37.6 Å². The Balaban J connectivity index is 1.57. The van der Waals surface area contributed by atoms with Gasteiger partial charge in [-0.2, -0.15) is 0 Å². The molecule has 0 aliphatic carbocycles. The normalized spacial score (nSPS) is 15.5. The first-order valence-corrected chi connectivity index (χ1v) is 8.34. The third-order valence-corrected chi connectivity index (χ3v) is 4.67. The van der Waals surface area contributed by atoms with Crippen molar-refractivity contribution in [3.8, 4) is 0 Å². The molecule has 1 saturated heterocycles. The third kappa shape index (κ3) is 3.88. The molecule has 2 heterocycles. The van der Waals surface area contributed by atoms with Crippen LogP contribution in [0.2, 0.25) is 0 Å². The Hall–Kier alpha value is -2.06. The lowest BCUT2D eigenvalue weighted by molar-refractivity contribution is -0.385. The molecule has 126 valence electrons. The largest absolute Gasteiger partial charge is 0.354 e. The Morgan fingerprint density at radius 1 is 1.21 bits per heavy atom. The zero-order valence-electron chi connectivity index (χ0n) is 12.9. The van der Waals surface area contributed by atoms with Crippen LogP contribution in [0, 0.1) is 15.9 Å². The van der Waals surface area contributed by atoms with E-state index in [-0.39, 0.29) is 11.5 Å². The molecule has 0 atom stereocenters. The van der Waals surface area contributed by atoms with Crippen LogP contribution in [-0.2, 0) is 6.54 Å². The molecule has 1 aliphatic rings. The molecule has 0 amide bonds. The van der Waals surface area contributed by atoms with Crippen molar-refractivity contribution < 1.29 is 9.31 Å². The maximum Gasteiger partial charge on any atom is 0.287 e. The molecule has 3 rings (SSSR count). The molecule has 0 bridgehead atoms. The van der Waals surface area contributed by atoms with Gasteiger partial charge in [-0.3, -0.25) is 15.0 Å². The second-order valence-corrected chi connectivity index (χ2v) is 6.50. The van der Waals surface area contributed by atoms with E-state index >= 15 is 0 Å². The number of nitrogens with zero attached hydrogens (tertiary/aromatic N) is 4. The molecule has 1 aromatic heterocycles. The average Bonchev–Trinajstić information content (AvgIpc) is 2.59. The average molecular weight is 395 g/mol. The van der Waals surface area contributed by atoms with Crippen LogP contribution < -0.4 is 4.90 Å². The first-order valence-electron chi connectivity index (χ1n) is 7.54. The van der Waals surface area contributed by atoms with E-state index in [2.05, 4.69) is 30.7 Å². The minimum absolute atomic E-state index is 0.00495. The molecule has 1 aromatic carbocycles. The lowest BCUT2D eigenvalue weighted by Gasteiger charge is -2.35. The predicted molar refractivity (Wildman–Crippen MR) is 92.5 cm³/mol. The van der Waals surface area contributed by atoms with Gasteiger partial charge in [0.05, 0.1) is 9.40 Å². The molecule has 8 heteroatoms. The lowest BCUT2D eigenvalue weighted by atomic mass is 10.2. The number of nitro groups is 1. The van der Waals surface area contributed by atoms with Crippen LogP contribution in [0.25, 0.3) is 0 Å². The first-order chi connectivity index (χ1) is 11.5. The maximum absolute atomic E-state index is 13.6. The Morgan fingerprint density at radius 2 is 1.96 bits per heavy atom. The minimum atomic E-state index is -0.452. The van der Waals surface area contributed by atoms with Crippen molar-refractivity contribution >= 4 is 27.4 Å². The molecule has 0 radical (unpaired) electrons. The van der Waals surface area contributed by atoms with Crippen LogP contribution >= 0.6 is 15.9 Å². The van der Waals surface area contributed by atoms with Crippen LogP contribution in [-0.4, -0.2) is 41.0 Å². The van der Waals surface area contributed by atoms with Gasteiger partial charge in [0.1, 0.15) is 17.8 Å². The van der Waals surface area contributed by atoms with Crippen LogP contribution in [0.15, 0.2) is 41.0 Å². The number of hydrogen-bond donors (Lipinski definition) is 0. The van der Waals surface area contributed by atoms with Crippen molar-refractivity contribution in [2.75, 3.05) is 31.1 Å². The van der Waals surface area contributed by atoms with Crippen molar-refractivity contribution in [1.29, 1.82) is 0 Å². The van der Waals surface area contributed by atoms with Gasteiger partial charge >= 0.3 is 0 Å². The highest BCUT2D eigenvalue weighted by Crippen LogP contribution is 2.20. The summed E-state index contributed by atoms with van der Waals surface area (Å²) in [4.78, 5) is 18.7. The van der Waals surface area contributed by atoms with Crippen LogP contribution in [0.4, 0.5) is 15.9 Å². The van der Waals surface area contributed by atoms with Gasteiger partial charge in [0.25, 0.3) is 5.69 Å². The molecule has 6 nitrogen and oxygen atoms in total. The smallest absolute Gasteiger partial charge is 0.287 e. The summed E-state index contributed by atoms with van der Waals surface area (Å²) in [6.45, 7) is 3.92. The van der Waals surface area contributed by atoms with Crippen molar-refractivity contribution in [2.45, 2.75) is 6.54 Å². The Bertz CT molecular complexity index is 733. The van der Waals surface area contributed by atoms with Crippen LogP contribution in [0.5, 0.6) is 0 Å². The molecule has 1 aliphatic heterocycles. The summed E-state index contributed by atoms with van der Waals surface area (Å²) in [6.07, 6.45) is 1.28. The highest BCUT2D eigenvalue weighted by Gasteiger charge is 2.19. The van der Waals surface area contributed by atoms with Gasteiger partial charge in [-0.15, -0.1) is 0 Å². The predicted octanol–water partition coefficient (Wildman–Crippen LogP) is 3.21. The maximum atomic E-state index is 13.6. The monoisotopic (exact) mass is 394 g/mol. The molecule has 2 aromatic rings. The summed E-state index contributed by atoms with van der Waals surface area (Å²) in [7, 11) is 0. The number of halogens is 2. The van der Waals surface area contributed by atoms with E-state index in [4.69, 9.17) is 0 Å². The van der Waals surface area contributed by atoms with Gasteiger partial charge in [0, 0.05) is 38.8 Å². The summed E-state index contributed by atoms with van der Waals surface area (Å²) < 4.78 is 14.0. The van der Waals surface area contributed by atoms with Crippen molar-refractivity contribution in [1.82, 2.24) is 9.88 Å². The zero-order valence-corrected chi connectivity index (χ0v) is 14.4.